The second-order valence-electron chi connectivity index (χ2n) is 6.05. The molecule has 0 saturated heterocycles. The summed E-state index contributed by atoms with van der Waals surface area (Å²) in [4.78, 5) is 19.2. The van der Waals surface area contributed by atoms with Crippen LogP contribution in [-0.2, 0) is 11.3 Å². The first-order chi connectivity index (χ1) is 14.1. The molecule has 4 rings (SSSR count). The van der Waals surface area contributed by atoms with Crippen LogP contribution in [0.5, 0.6) is 0 Å². The summed E-state index contributed by atoms with van der Waals surface area (Å²) in [6.07, 6.45) is 2.33. The predicted molar refractivity (Wildman–Crippen MR) is 123 cm³/mol. The molecule has 148 valence electrons. The van der Waals surface area contributed by atoms with Gasteiger partial charge in [0.05, 0.1) is 10.6 Å². The van der Waals surface area contributed by atoms with Crippen LogP contribution in [0.25, 0.3) is 22.0 Å². The van der Waals surface area contributed by atoms with Gasteiger partial charge in [0.25, 0.3) is 0 Å². The molecule has 0 aliphatic heterocycles. The number of aromatic amines is 1. The van der Waals surface area contributed by atoms with Crippen molar-refractivity contribution in [1.29, 1.82) is 0 Å². The molecule has 0 bridgehead atoms. The Balaban J connectivity index is 1.39. The first kappa shape index (κ1) is 20.0. The van der Waals surface area contributed by atoms with E-state index in [1.165, 1.54) is 16.2 Å². The molecule has 0 aliphatic carbocycles. The number of hydrogen-bond acceptors (Lipinski definition) is 7. The van der Waals surface area contributed by atoms with E-state index in [0.29, 0.717) is 16.4 Å². The maximum Gasteiger partial charge on any atom is 0.227 e. The lowest BCUT2D eigenvalue weighted by atomic mass is 10.2. The molecule has 0 spiro atoms. The largest absolute Gasteiger partial charge is 0.302 e. The number of thioether (sulfide) groups is 1. The number of H-pyrrole nitrogens is 1. The maximum atomic E-state index is 12.4. The number of nitrogens with zero attached hydrogens (tertiary/aromatic N) is 3. The third-order valence-corrected chi connectivity index (χ3v) is 6.88. The van der Waals surface area contributed by atoms with Crippen LogP contribution in [0.2, 0.25) is 0 Å². The SMILES string of the molecule is CSc1ccc(-c2csc(NC(=O)CCn3c(-c4cccs4)n[nH]c3=S)n2)cc1. The molecule has 0 atom stereocenters. The Hall–Kier alpha value is -2.27. The van der Waals surface area contributed by atoms with Crippen LogP contribution in [-0.4, -0.2) is 31.9 Å². The van der Waals surface area contributed by atoms with E-state index in [4.69, 9.17) is 12.2 Å². The lowest BCUT2D eigenvalue weighted by molar-refractivity contribution is -0.116. The fourth-order valence-electron chi connectivity index (χ4n) is 2.74. The van der Waals surface area contributed by atoms with Crippen LogP contribution in [0.4, 0.5) is 5.13 Å². The van der Waals surface area contributed by atoms with Gasteiger partial charge in [-0.15, -0.1) is 34.4 Å². The fourth-order valence-corrected chi connectivity index (χ4v) is 4.83. The standard InChI is InChI=1S/C19H17N5OS4/c1-27-13-6-4-12(5-7-13)14-11-29-18(20-14)21-16(25)8-9-24-17(22-23-19(24)26)15-3-2-10-28-15/h2-7,10-11H,8-9H2,1H3,(H,23,26)(H,20,21,25). The molecule has 4 aromatic rings. The molecule has 1 amide bonds. The van der Waals surface area contributed by atoms with Gasteiger partial charge in [-0.05, 0) is 42.1 Å². The van der Waals surface area contributed by atoms with Crippen molar-refractivity contribution < 1.29 is 4.79 Å². The highest BCUT2D eigenvalue weighted by Crippen LogP contribution is 2.27. The van der Waals surface area contributed by atoms with Gasteiger partial charge in [-0.2, -0.15) is 5.10 Å². The van der Waals surface area contributed by atoms with Crippen molar-refractivity contribution in [3.63, 3.8) is 0 Å². The molecular formula is C19H17N5OS4. The lowest BCUT2D eigenvalue weighted by Gasteiger charge is -2.05. The molecule has 3 aromatic heterocycles. The monoisotopic (exact) mass is 459 g/mol. The van der Waals surface area contributed by atoms with E-state index in [9.17, 15) is 4.79 Å². The third kappa shape index (κ3) is 4.67. The topological polar surface area (TPSA) is 75.6 Å². The quantitative estimate of drug-likeness (QED) is 0.280. The average molecular weight is 460 g/mol. The number of rotatable bonds is 7. The molecule has 1 aromatic carbocycles. The van der Waals surface area contributed by atoms with Crippen LogP contribution in [0.15, 0.2) is 52.1 Å². The van der Waals surface area contributed by atoms with Gasteiger partial charge in [-0.3, -0.25) is 14.5 Å². The summed E-state index contributed by atoms with van der Waals surface area (Å²) >= 11 is 10.0. The predicted octanol–water partition coefficient (Wildman–Crippen LogP) is 5.54. The Morgan fingerprint density at radius 1 is 1.28 bits per heavy atom. The molecule has 0 aliphatic rings. The Morgan fingerprint density at radius 2 is 2.10 bits per heavy atom. The summed E-state index contributed by atoms with van der Waals surface area (Å²) in [7, 11) is 0. The molecule has 29 heavy (non-hydrogen) atoms. The van der Waals surface area contributed by atoms with Crippen molar-refractivity contribution in [3.05, 3.63) is 51.9 Å². The van der Waals surface area contributed by atoms with Gasteiger partial charge < -0.3 is 5.32 Å². The zero-order valence-corrected chi connectivity index (χ0v) is 18.7. The van der Waals surface area contributed by atoms with Gasteiger partial charge in [0.2, 0.25) is 5.91 Å². The first-order valence-corrected chi connectivity index (χ1v) is 12.1. The minimum Gasteiger partial charge on any atom is -0.302 e. The molecule has 0 saturated carbocycles. The normalized spacial score (nSPS) is 10.9. The number of nitrogens with one attached hydrogen (secondary N) is 2. The number of thiophene rings is 1. The van der Waals surface area contributed by atoms with Crippen LogP contribution >= 0.6 is 46.7 Å². The van der Waals surface area contributed by atoms with Crippen LogP contribution in [0.3, 0.4) is 0 Å². The summed E-state index contributed by atoms with van der Waals surface area (Å²) in [5, 5.41) is 14.5. The van der Waals surface area contributed by atoms with E-state index in [0.717, 1.165) is 22.0 Å². The van der Waals surface area contributed by atoms with Crippen molar-refractivity contribution >= 4 is 57.7 Å². The maximum absolute atomic E-state index is 12.4. The number of aromatic nitrogens is 4. The number of hydrogen-bond donors (Lipinski definition) is 2. The lowest BCUT2D eigenvalue weighted by Crippen LogP contribution is -2.14. The number of carbonyl (C=O) groups excluding carboxylic acids is 1. The minimum absolute atomic E-state index is 0.108. The molecule has 3 heterocycles. The van der Waals surface area contributed by atoms with E-state index in [1.54, 1.807) is 23.1 Å². The average Bonchev–Trinajstić information content (AvgIpc) is 3.48. The second-order valence-corrected chi connectivity index (χ2v) is 9.12. The Bertz CT molecular complexity index is 1160. The molecule has 0 fully saturated rings. The van der Waals surface area contributed by atoms with Crippen LogP contribution < -0.4 is 5.32 Å². The fraction of sp³-hybridized carbons (Fsp3) is 0.158. The Labute approximate surface area is 185 Å². The number of anilines is 1. The highest BCUT2D eigenvalue weighted by Gasteiger charge is 2.13. The number of amides is 1. The van der Waals surface area contributed by atoms with Gasteiger partial charge in [0.1, 0.15) is 0 Å². The number of thiazole rings is 1. The van der Waals surface area contributed by atoms with Crippen LogP contribution in [0.1, 0.15) is 6.42 Å². The summed E-state index contributed by atoms with van der Waals surface area (Å²) in [5.74, 6) is 0.645. The summed E-state index contributed by atoms with van der Waals surface area (Å²) in [5.41, 5.74) is 1.89. The highest BCUT2D eigenvalue weighted by molar-refractivity contribution is 7.98. The van der Waals surface area contributed by atoms with Gasteiger partial charge in [-0.1, -0.05) is 18.2 Å². The van der Waals surface area contributed by atoms with Crippen molar-refractivity contribution in [3.8, 4) is 22.0 Å². The summed E-state index contributed by atoms with van der Waals surface area (Å²) in [6.45, 7) is 0.447. The van der Waals surface area contributed by atoms with Crippen molar-refractivity contribution in [2.24, 2.45) is 0 Å². The smallest absolute Gasteiger partial charge is 0.227 e. The van der Waals surface area contributed by atoms with Crippen LogP contribution in [0, 0.1) is 4.77 Å². The number of carbonyl (C=O) groups is 1. The molecule has 0 unspecified atom stereocenters. The van der Waals surface area contributed by atoms with Crippen molar-refractivity contribution in [2.45, 2.75) is 17.9 Å². The van der Waals surface area contributed by atoms with Gasteiger partial charge in [0.15, 0.2) is 15.7 Å². The van der Waals surface area contributed by atoms with E-state index in [-0.39, 0.29) is 12.3 Å². The highest BCUT2D eigenvalue weighted by atomic mass is 32.2. The second kappa shape index (κ2) is 9.04. The van der Waals surface area contributed by atoms with E-state index in [1.807, 2.05) is 45.8 Å². The minimum atomic E-state index is -0.108. The number of benzene rings is 1. The molecule has 0 radical (unpaired) electrons. The molecule has 10 heteroatoms. The van der Waals surface area contributed by atoms with E-state index < -0.39 is 0 Å². The van der Waals surface area contributed by atoms with E-state index >= 15 is 0 Å². The van der Waals surface area contributed by atoms with Crippen molar-refractivity contribution in [1.82, 2.24) is 19.7 Å². The zero-order valence-electron chi connectivity index (χ0n) is 15.4. The van der Waals surface area contributed by atoms with Gasteiger partial charge in [0, 0.05) is 28.8 Å². The molecule has 6 nitrogen and oxygen atoms in total. The third-order valence-electron chi connectivity index (χ3n) is 4.20. The van der Waals surface area contributed by atoms with Crippen molar-refractivity contribution in [2.75, 3.05) is 11.6 Å². The Morgan fingerprint density at radius 3 is 2.83 bits per heavy atom. The zero-order chi connectivity index (χ0) is 20.2. The molecule has 2 N–H and O–H groups in total. The summed E-state index contributed by atoms with van der Waals surface area (Å²) in [6, 6.07) is 12.2. The Kier molecular flexibility index (Phi) is 6.24. The van der Waals surface area contributed by atoms with Gasteiger partial charge >= 0.3 is 0 Å². The van der Waals surface area contributed by atoms with E-state index in [2.05, 4.69) is 32.6 Å². The van der Waals surface area contributed by atoms with Gasteiger partial charge in [-0.25, -0.2) is 4.98 Å². The molecular weight excluding hydrogens is 443 g/mol. The first-order valence-electron chi connectivity index (χ1n) is 8.73. The summed E-state index contributed by atoms with van der Waals surface area (Å²) < 4.78 is 2.35.